The number of nitrogens with zero attached hydrogens (tertiary/aromatic N) is 1. The second-order valence-electron chi connectivity index (χ2n) is 7.85. The smallest absolute Gasteiger partial charge is 0.223 e. The first-order chi connectivity index (χ1) is 14.8. The number of amides is 1. The van der Waals surface area contributed by atoms with Crippen LogP contribution in [0.4, 0.5) is 0 Å². The first-order valence-electron chi connectivity index (χ1n) is 10.5. The van der Waals surface area contributed by atoms with Gasteiger partial charge in [-0.3, -0.25) is 4.79 Å². The van der Waals surface area contributed by atoms with Gasteiger partial charge in [0.15, 0.2) is 0 Å². The molecule has 1 amide bonds. The molecule has 168 valence electrons. The molecule has 0 saturated carbocycles. The molecule has 0 aliphatic carbocycles. The molecule has 31 heavy (non-hydrogen) atoms. The van der Waals surface area contributed by atoms with Crippen molar-refractivity contribution in [2.24, 2.45) is 5.92 Å². The molecule has 0 bridgehead atoms. The van der Waals surface area contributed by atoms with Gasteiger partial charge in [-0.15, -0.1) is 0 Å². The van der Waals surface area contributed by atoms with Crippen LogP contribution >= 0.6 is 23.4 Å². The van der Waals surface area contributed by atoms with E-state index in [-0.39, 0.29) is 17.6 Å². The fraction of sp³-hybridized carbons (Fsp3) is 0.435. The summed E-state index contributed by atoms with van der Waals surface area (Å²) in [5, 5.41) is 3.46. The van der Waals surface area contributed by atoms with Crippen LogP contribution in [-0.2, 0) is 26.3 Å². The number of carbonyl (C=O) groups is 1. The Morgan fingerprint density at radius 2 is 1.81 bits per heavy atom. The molecule has 1 heterocycles. The molecule has 2 aromatic rings. The molecule has 1 aliphatic heterocycles. The van der Waals surface area contributed by atoms with Crippen LogP contribution in [-0.4, -0.2) is 44.0 Å². The fourth-order valence-electron chi connectivity index (χ4n) is 3.56. The maximum absolute atomic E-state index is 12.7. The van der Waals surface area contributed by atoms with Gasteiger partial charge in [-0.2, -0.15) is 11.8 Å². The molecule has 0 spiro atoms. The third-order valence-corrected chi connectivity index (χ3v) is 8.68. The van der Waals surface area contributed by atoms with Gasteiger partial charge in [0.25, 0.3) is 0 Å². The number of hydrogen-bond donors (Lipinski definition) is 1. The molecule has 0 radical (unpaired) electrons. The summed E-state index contributed by atoms with van der Waals surface area (Å²) in [6, 6.07) is 15.5. The normalized spacial score (nSPS) is 15.7. The van der Waals surface area contributed by atoms with Gasteiger partial charge in [-0.05, 0) is 37.0 Å². The standard InChI is InChI=1S/C23H29ClN2O3S2/c1-18-6-8-19(9-7-18)16-30-15-12-25-23(27)20-10-13-26(14-11-20)31(28,29)17-21-4-2-3-5-22(21)24/h2-9,20H,10-17H2,1H3,(H,25,27). The van der Waals surface area contributed by atoms with Crippen molar-refractivity contribution in [3.8, 4) is 0 Å². The van der Waals surface area contributed by atoms with Crippen LogP contribution in [0.15, 0.2) is 48.5 Å². The number of halogens is 1. The first-order valence-corrected chi connectivity index (χ1v) is 13.6. The highest BCUT2D eigenvalue weighted by Crippen LogP contribution is 2.24. The Hall–Kier alpha value is -1.54. The van der Waals surface area contributed by atoms with Crippen LogP contribution in [0.2, 0.25) is 5.02 Å². The average Bonchev–Trinajstić information content (AvgIpc) is 2.76. The minimum atomic E-state index is -3.45. The number of rotatable bonds is 9. The van der Waals surface area contributed by atoms with Crippen molar-refractivity contribution < 1.29 is 13.2 Å². The predicted octanol–water partition coefficient (Wildman–Crippen LogP) is 4.24. The third-order valence-electron chi connectivity index (χ3n) is 5.45. The van der Waals surface area contributed by atoms with Crippen LogP contribution in [0.3, 0.4) is 0 Å². The van der Waals surface area contributed by atoms with E-state index in [9.17, 15) is 13.2 Å². The molecule has 8 heteroatoms. The van der Waals surface area contributed by atoms with Gasteiger partial charge in [-0.1, -0.05) is 59.6 Å². The average molecular weight is 481 g/mol. The number of thioether (sulfide) groups is 1. The molecule has 1 aliphatic rings. The van der Waals surface area contributed by atoms with Crippen LogP contribution < -0.4 is 5.32 Å². The van der Waals surface area contributed by atoms with Crippen molar-refractivity contribution in [2.45, 2.75) is 31.3 Å². The van der Waals surface area contributed by atoms with Gasteiger partial charge >= 0.3 is 0 Å². The molecule has 0 atom stereocenters. The zero-order valence-corrected chi connectivity index (χ0v) is 20.1. The van der Waals surface area contributed by atoms with Crippen LogP contribution in [0.5, 0.6) is 0 Å². The molecule has 1 N–H and O–H groups in total. The SMILES string of the molecule is Cc1ccc(CSCCNC(=O)C2CCN(S(=O)(=O)Cc3ccccc3Cl)CC2)cc1. The Bertz CT molecular complexity index is 973. The van der Waals surface area contributed by atoms with E-state index < -0.39 is 10.0 Å². The van der Waals surface area contributed by atoms with Gasteiger partial charge in [0.2, 0.25) is 15.9 Å². The quantitative estimate of drug-likeness (QED) is 0.545. The number of benzene rings is 2. The summed E-state index contributed by atoms with van der Waals surface area (Å²) < 4.78 is 26.9. The Kier molecular flexibility index (Phi) is 8.84. The van der Waals surface area contributed by atoms with Gasteiger partial charge in [0.1, 0.15) is 0 Å². The van der Waals surface area contributed by atoms with E-state index in [1.54, 1.807) is 36.0 Å². The molecule has 2 aromatic carbocycles. The Balaban J connectivity index is 1.37. The van der Waals surface area contributed by atoms with Gasteiger partial charge in [0, 0.05) is 42.1 Å². The van der Waals surface area contributed by atoms with E-state index in [1.807, 2.05) is 0 Å². The molecule has 1 fully saturated rings. The molecular formula is C23H29ClN2O3S2. The molecule has 0 aromatic heterocycles. The number of carbonyl (C=O) groups excluding carboxylic acids is 1. The highest BCUT2D eigenvalue weighted by molar-refractivity contribution is 7.98. The summed E-state index contributed by atoms with van der Waals surface area (Å²) in [7, 11) is -3.45. The summed E-state index contributed by atoms with van der Waals surface area (Å²) in [4.78, 5) is 12.5. The summed E-state index contributed by atoms with van der Waals surface area (Å²) in [6.45, 7) is 3.44. The predicted molar refractivity (Wildman–Crippen MR) is 129 cm³/mol. The summed E-state index contributed by atoms with van der Waals surface area (Å²) in [6.07, 6.45) is 1.09. The lowest BCUT2D eigenvalue weighted by molar-refractivity contribution is -0.125. The lowest BCUT2D eigenvalue weighted by Crippen LogP contribution is -2.43. The van der Waals surface area contributed by atoms with Crippen molar-refractivity contribution in [3.05, 3.63) is 70.2 Å². The second kappa shape index (κ2) is 11.4. The number of aryl methyl sites for hydroxylation is 1. The highest BCUT2D eigenvalue weighted by Gasteiger charge is 2.31. The number of nitrogens with one attached hydrogen (secondary N) is 1. The molecule has 1 saturated heterocycles. The van der Waals surface area contributed by atoms with E-state index in [0.29, 0.717) is 43.1 Å². The van der Waals surface area contributed by atoms with Crippen molar-refractivity contribution in [1.29, 1.82) is 0 Å². The van der Waals surface area contributed by atoms with E-state index in [0.717, 1.165) is 11.5 Å². The maximum atomic E-state index is 12.7. The lowest BCUT2D eigenvalue weighted by Gasteiger charge is -2.30. The maximum Gasteiger partial charge on any atom is 0.223 e. The summed E-state index contributed by atoms with van der Waals surface area (Å²) in [5.41, 5.74) is 3.14. The van der Waals surface area contributed by atoms with Crippen molar-refractivity contribution in [1.82, 2.24) is 9.62 Å². The van der Waals surface area contributed by atoms with Crippen LogP contribution in [0.1, 0.15) is 29.5 Å². The lowest BCUT2D eigenvalue weighted by atomic mass is 9.97. The Morgan fingerprint density at radius 1 is 1.13 bits per heavy atom. The minimum absolute atomic E-state index is 0.0269. The largest absolute Gasteiger partial charge is 0.355 e. The third kappa shape index (κ3) is 7.24. The molecule has 5 nitrogen and oxygen atoms in total. The second-order valence-corrected chi connectivity index (χ2v) is 11.3. The summed E-state index contributed by atoms with van der Waals surface area (Å²) >= 11 is 7.90. The van der Waals surface area contributed by atoms with E-state index in [1.165, 1.54) is 15.4 Å². The van der Waals surface area contributed by atoms with Crippen molar-refractivity contribution >= 4 is 39.3 Å². The first kappa shape index (κ1) is 24.1. The number of hydrogen-bond acceptors (Lipinski definition) is 4. The van der Waals surface area contributed by atoms with E-state index >= 15 is 0 Å². The zero-order valence-electron chi connectivity index (χ0n) is 17.7. The van der Waals surface area contributed by atoms with Gasteiger partial charge < -0.3 is 5.32 Å². The topological polar surface area (TPSA) is 66.5 Å². The molecular weight excluding hydrogens is 452 g/mol. The minimum Gasteiger partial charge on any atom is -0.355 e. The Morgan fingerprint density at radius 3 is 2.48 bits per heavy atom. The Labute approximate surface area is 194 Å². The van der Waals surface area contributed by atoms with Crippen molar-refractivity contribution in [2.75, 3.05) is 25.4 Å². The van der Waals surface area contributed by atoms with Gasteiger partial charge in [-0.25, -0.2) is 12.7 Å². The van der Waals surface area contributed by atoms with Crippen LogP contribution in [0.25, 0.3) is 0 Å². The van der Waals surface area contributed by atoms with Crippen LogP contribution in [0, 0.1) is 12.8 Å². The van der Waals surface area contributed by atoms with Crippen molar-refractivity contribution in [3.63, 3.8) is 0 Å². The van der Waals surface area contributed by atoms with E-state index in [2.05, 4.69) is 36.5 Å². The van der Waals surface area contributed by atoms with E-state index in [4.69, 9.17) is 11.6 Å². The fourth-order valence-corrected chi connectivity index (χ4v) is 6.26. The number of sulfonamides is 1. The monoisotopic (exact) mass is 480 g/mol. The molecule has 3 rings (SSSR count). The highest BCUT2D eigenvalue weighted by atomic mass is 35.5. The zero-order chi connectivity index (χ0) is 22.3. The summed E-state index contributed by atoms with van der Waals surface area (Å²) in [5.74, 6) is 1.57. The molecule has 0 unspecified atom stereocenters. The van der Waals surface area contributed by atoms with Gasteiger partial charge in [0.05, 0.1) is 5.75 Å². The number of piperidine rings is 1.